The fourth-order valence-corrected chi connectivity index (χ4v) is 2.76. The number of methoxy groups -OCH3 is 2. The van der Waals surface area contributed by atoms with Gasteiger partial charge in [0, 0.05) is 13.5 Å². The summed E-state index contributed by atoms with van der Waals surface area (Å²) in [6, 6.07) is 8.12. The van der Waals surface area contributed by atoms with Gasteiger partial charge in [-0.2, -0.15) is 5.26 Å². The second-order valence-electron chi connectivity index (χ2n) is 5.89. The van der Waals surface area contributed by atoms with Crippen molar-refractivity contribution in [1.82, 2.24) is 5.32 Å². The van der Waals surface area contributed by atoms with Crippen molar-refractivity contribution in [2.45, 2.75) is 39.0 Å². The van der Waals surface area contributed by atoms with Crippen molar-refractivity contribution >= 4 is 5.91 Å². The molecular formula is C18H26N2O3. The average Bonchev–Trinajstić information content (AvgIpc) is 2.54. The number of nitrogens with zero attached hydrogens (tertiary/aromatic N) is 1. The normalized spacial score (nSPS) is 13.1. The molecule has 1 aromatic carbocycles. The Morgan fingerprint density at radius 1 is 1.30 bits per heavy atom. The maximum absolute atomic E-state index is 11.0. The van der Waals surface area contributed by atoms with Gasteiger partial charge >= 0.3 is 0 Å². The van der Waals surface area contributed by atoms with Gasteiger partial charge in [-0.05, 0) is 36.5 Å². The number of nitrogens with one attached hydrogen (secondary N) is 1. The zero-order chi connectivity index (χ0) is 17.5. The molecule has 0 aromatic heterocycles. The molecule has 0 radical (unpaired) electrons. The van der Waals surface area contributed by atoms with E-state index in [9.17, 15) is 10.1 Å². The lowest BCUT2D eigenvalue weighted by Crippen LogP contribution is -2.32. The van der Waals surface area contributed by atoms with E-state index in [1.807, 2.05) is 32.0 Å². The number of amides is 1. The molecule has 0 spiro atoms. The molecule has 1 rings (SSSR count). The van der Waals surface area contributed by atoms with Gasteiger partial charge in [-0.15, -0.1) is 0 Å². The van der Waals surface area contributed by atoms with Gasteiger partial charge in [0.15, 0.2) is 11.5 Å². The number of nitriles is 1. The van der Waals surface area contributed by atoms with Crippen LogP contribution in [-0.4, -0.2) is 26.7 Å². The molecule has 0 aliphatic heterocycles. The van der Waals surface area contributed by atoms with Crippen molar-refractivity contribution in [3.63, 3.8) is 0 Å². The van der Waals surface area contributed by atoms with Crippen molar-refractivity contribution < 1.29 is 14.3 Å². The molecule has 1 atom stereocenters. The van der Waals surface area contributed by atoms with E-state index < -0.39 is 5.41 Å². The van der Waals surface area contributed by atoms with Crippen molar-refractivity contribution in [1.29, 1.82) is 5.26 Å². The summed E-state index contributed by atoms with van der Waals surface area (Å²) in [5, 5.41) is 12.7. The van der Waals surface area contributed by atoms with Crippen LogP contribution in [-0.2, 0) is 10.2 Å². The van der Waals surface area contributed by atoms with E-state index in [1.165, 1.54) is 6.92 Å². The highest BCUT2D eigenvalue weighted by Crippen LogP contribution is 2.40. The molecule has 0 aliphatic carbocycles. The summed E-state index contributed by atoms with van der Waals surface area (Å²) in [5.74, 6) is 1.34. The van der Waals surface area contributed by atoms with Gasteiger partial charge in [0.1, 0.15) is 0 Å². The third-order valence-electron chi connectivity index (χ3n) is 4.21. The molecule has 23 heavy (non-hydrogen) atoms. The molecule has 0 saturated carbocycles. The quantitative estimate of drug-likeness (QED) is 0.748. The third kappa shape index (κ3) is 4.38. The highest BCUT2D eigenvalue weighted by molar-refractivity contribution is 5.72. The number of ether oxygens (including phenoxy) is 2. The van der Waals surface area contributed by atoms with Crippen molar-refractivity contribution in [3.8, 4) is 17.6 Å². The first-order valence-corrected chi connectivity index (χ1v) is 7.79. The minimum Gasteiger partial charge on any atom is -0.493 e. The molecule has 0 bridgehead atoms. The molecule has 1 aromatic rings. The van der Waals surface area contributed by atoms with Crippen LogP contribution in [0.3, 0.4) is 0 Å². The maximum Gasteiger partial charge on any atom is 0.216 e. The smallest absolute Gasteiger partial charge is 0.216 e. The van der Waals surface area contributed by atoms with Crippen LogP contribution in [0.1, 0.15) is 39.2 Å². The lowest BCUT2D eigenvalue weighted by atomic mass is 9.70. The topological polar surface area (TPSA) is 71.3 Å². The van der Waals surface area contributed by atoms with E-state index in [4.69, 9.17) is 9.47 Å². The first-order chi connectivity index (χ1) is 10.9. The Kier molecular flexibility index (Phi) is 6.89. The predicted octanol–water partition coefficient (Wildman–Crippen LogP) is 3.04. The molecule has 1 amide bonds. The minimum absolute atomic E-state index is 0.0526. The minimum atomic E-state index is -0.627. The van der Waals surface area contributed by atoms with Gasteiger partial charge < -0.3 is 14.8 Å². The number of rotatable bonds is 8. The van der Waals surface area contributed by atoms with Crippen LogP contribution >= 0.6 is 0 Å². The van der Waals surface area contributed by atoms with Crippen LogP contribution in [0.15, 0.2) is 18.2 Å². The monoisotopic (exact) mass is 318 g/mol. The van der Waals surface area contributed by atoms with E-state index >= 15 is 0 Å². The summed E-state index contributed by atoms with van der Waals surface area (Å²) >= 11 is 0. The van der Waals surface area contributed by atoms with E-state index in [0.29, 0.717) is 24.5 Å². The summed E-state index contributed by atoms with van der Waals surface area (Å²) in [5.41, 5.74) is 0.286. The Bertz CT molecular complexity index is 578. The van der Waals surface area contributed by atoms with Crippen molar-refractivity contribution in [2.24, 2.45) is 5.92 Å². The lowest BCUT2D eigenvalue weighted by Gasteiger charge is -2.32. The van der Waals surface area contributed by atoms with Crippen molar-refractivity contribution in [3.05, 3.63) is 23.8 Å². The molecule has 0 aliphatic rings. The molecule has 0 fully saturated rings. The second kappa shape index (κ2) is 8.42. The third-order valence-corrected chi connectivity index (χ3v) is 4.21. The number of hydrogen-bond acceptors (Lipinski definition) is 4. The van der Waals surface area contributed by atoms with Crippen LogP contribution in [0.5, 0.6) is 11.5 Å². The van der Waals surface area contributed by atoms with Crippen LogP contribution in [0.25, 0.3) is 0 Å². The highest BCUT2D eigenvalue weighted by atomic mass is 16.5. The zero-order valence-electron chi connectivity index (χ0n) is 14.6. The zero-order valence-corrected chi connectivity index (χ0v) is 14.6. The summed E-state index contributed by atoms with van der Waals surface area (Å²) in [4.78, 5) is 11.0. The molecule has 126 valence electrons. The van der Waals surface area contributed by atoms with Gasteiger partial charge in [0.2, 0.25) is 5.91 Å². The fraction of sp³-hybridized carbons (Fsp3) is 0.556. The first-order valence-electron chi connectivity index (χ1n) is 7.79. The standard InChI is InChI=1S/C18H26N2O3/c1-13(2)18(12-19,9-6-10-20-14(3)21)15-7-8-16(22-4)17(11-15)23-5/h7-8,11,13H,6,9-10H2,1-5H3,(H,20,21). The van der Waals surface area contributed by atoms with E-state index in [0.717, 1.165) is 12.0 Å². The van der Waals surface area contributed by atoms with Crippen LogP contribution in [0, 0.1) is 17.2 Å². The van der Waals surface area contributed by atoms with E-state index in [1.54, 1.807) is 14.2 Å². The molecule has 0 heterocycles. The van der Waals surface area contributed by atoms with Crippen molar-refractivity contribution in [2.75, 3.05) is 20.8 Å². The van der Waals surface area contributed by atoms with Gasteiger partial charge in [-0.1, -0.05) is 19.9 Å². The Balaban J connectivity index is 3.10. The SMILES string of the molecule is COc1ccc(C(C#N)(CCCNC(C)=O)C(C)C)cc1OC. The van der Waals surface area contributed by atoms with Gasteiger partial charge in [0.05, 0.1) is 25.7 Å². The largest absolute Gasteiger partial charge is 0.493 e. The summed E-state index contributed by atoms with van der Waals surface area (Å²) < 4.78 is 10.6. The van der Waals surface area contributed by atoms with E-state index in [-0.39, 0.29) is 11.8 Å². The lowest BCUT2D eigenvalue weighted by molar-refractivity contribution is -0.118. The number of carbonyl (C=O) groups excluding carboxylic acids is 1. The summed E-state index contributed by atoms with van der Waals surface area (Å²) in [6.45, 7) is 6.14. The average molecular weight is 318 g/mol. The number of hydrogen-bond donors (Lipinski definition) is 1. The molecule has 1 unspecified atom stereocenters. The Morgan fingerprint density at radius 2 is 1.96 bits per heavy atom. The highest BCUT2D eigenvalue weighted by Gasteiger charge is 2.36. The summed E-state index contributed by atoms with van der Waals surface area (Å²) in [6.07, 6.45) is 1.40. The summed E-state index contributed by atoms with van der Waals surface area (Å²) in [7, 11) is 3.17. The van der Waals surface area contributed by atoms with Gasteiger partial charge in [-0.3, -0.25) is 4.79 Å². The molecule has 5 nitrogen and oxygen atoms in total. The fourth-order valence-electron chi connectivity index (χ4n) is 2.76. The molecule has 0 saturated heterocycles. The first kappa shape index (κ1) is 18.8. The van der Waals surface area contributed by atoms with Gasteiger partial charge in [-0.25, -0.2) is 0 Å². The second-order valence-corrected chi connectivity index (χ2v) is 5.89. The van der Waals surface area contributed by atoms with Crippen LogP contribution in [0.4, 0.5) is 0 Å². The maximum atomic E-state index is 11.0. The molecule has 1 N–H and O–H groups in total. The number of benzene rings is 1. The Morgan fingerprint density at radius 3 is 2.43 bits per heavy atom. The molecule has 5 heteroatoms. The number of carbonyl (C=O) groups is 1. The van der Waals surface area contributed by atoms with Crippen LogP contribution < -0.4 is 14.8 Å². The Labute approximate surface area is 138 Å². The predicted molar refractivity (Wildman–Crippen MR) is 89.6 cm³/mol. The molecular weight excluding hydrogens is 292 g/mol. The van der Waals surface area contributed by atoms with E-state index in [2.05, 4.69) is 11.4 Å². The van der Waals surface area contributed by atoms with Crippen LogP contribution in [0.2, 0.25) is 0 Å². The Hall–Kier alpha value is -2.22. The van der Waals surface area contributed by atoms with Gasteiger partial charge in [0.25, 0.3) is 0 Å².